The number of likely N-dealkylation sites (tertiary alicyclic amines) is 1. The number of rotatable bonds is 4. The van der Waals surface area contributed by atoms with Crippen molar-refractivity contribution in [3.05, 3.63) is 0 Å². The average molecular weight is 299 g/mol. The van der Waals surface area contributed by atoms with Crippen molar-refractivity contribution in [2.45, 2.75) is 19.8 Å². The molecule has 0 atom stereocenters. The summed E-state index contributed by atoms with van der Waals surface area (Å²) in [6.45, 7) is 4.80. The Balaban J connectivity index is 2.44. The van der Waals surface area contributed by atoms with Crippen LogP contribution in [0.5, 0.6) is 0 Å². The summed E-state index contributed by atoms with van der Waals surface area (Å²) in [5, 5.41) is 0. The number of hydrogen-bond donors (Lipinski definition) is 1. The molecule has 0 aromatic rings. The van der Waals surface area contributed by atoms with E-state index in [0.717, 1.165) is 25.9 Å². The molecule has 0 spiro atoms. The fourth-order valence-electron chi connectivity index (χ4n) is 1.66. The molecular weight excluding hydrogens is 280 g/mol. The summed E-state index contributed by atoms with van der Waals surface area (Å²) in [5.74, 6) is 0. The zero-order chi connectivity index (χ0) is 11.5. The molecule has 0 bridgehead atoms. The van der Waals surface area contributed by atoms with Crippen LogP contribution in [0.4, 0.5) is 0 Å². The molecule has 1 fully saturated rings. The molecule has 0 unspecified atom stereocenters. The van der Waals surface area contributed by atoms with Gasteiger partial charge in [-0.15, -0.1) is 0 Å². The van der Waals surface area contributed by atoms with Crippen molar-refractivity contribution in [2.75, 3.05) is 31.3 Å². The first-order valence-electron chi connectivity index (χ1n) is 5.09. The fourth-order valence-corrected chi connectivity index (χ4v) is 2.79. The SMILES string of the molecule is CN1CCC(C)(CNS(=O)(=O)CBr)CC1. The maximum absolute atomic E-state index is 11.3. The first-order chi connectivity index (χ1) is 6.87. The molecule has 0 aromatic carbocycles. The third kappa shape index (κ3) is 4.38. The molecule has 0 radical (unpaired) electrons. The van der Waals surface area contributed by atoms with Crippen molar-refractivity contribution < 1.29 is 8.42 Å². The van der Waals surface area contributed by atoms with Crippen LogP contribution in [0.2, 0.25) is 0 Å². The van der Waals surface area contributed by atoms with Crippen molar-refractivity contribution in [2.24, 2.45) is 5.41 Å². The second-order valence-electron chi connectivity index (χ2n) is 4.66. The minimum Gasteiger partial charge on any atom is -0.306 e. The molecule has 90 valence electrons. The van der Waals surface area contributed by atoms with Crippen molar-refractivity contribution >= 4 is 26.0 Å². The van der Waals surface area contributed by atoms with E-state index in [1.54, 1.807) is 0 Å². The number of halogens is 1. The lowest BCUT2D eigenvalue weighted by atomic mass is 9.81. The smallest absolute Gasteiger partial charge is 0.221 e. The number of hydrogen-bond acceptors (Lipinski definition) is 3. The van der Waals surface area contributed by atoms with Crippen LogP contribution in [0.15, 0.2) is 0 Å². The number of piperidine rings is 1. The Kier molecular flexibility index (Phi) is 4.58. The Morgan fingerprint density at radius 3 is 2.40 bits per heavy atom. The standard InChI is InChI=1S/C9H19BrN2O2S/c1-9(3-5-12(2)6-4-9)7-11-15(13,14)8-10/h11H,3-8H2,1-2H3. The zero-order valence-corrected chi connectivity index (χ0v) is 11.7. The fraction of sp³-hybridized carbons (Fsp3) is 1.00. The van der Waals surface area contributed by atoms with Crippen LogP contribution in [0.3, 0.4) is 0 Å². The van der Waals surface area contributed by atoms with Crippen LogP contribution >= 0.6 is 15.9 Å². The van der Waals surface area contributed by atoms with E-state index in [9.17, 15) is 8.42 Å². The third-order valence-corrected chi connectivity index (χ3v) is 5.74. The Morgan fingerprint density at radius 2 is 1.93 bits per heavy atom. The highest BCUT2D eigenvalue weighted by atomic mass is 79.9. The van der Waals surface area contributed by atoms with E-state index in [1.165, 1.54) is 0 Å². The van der Waals surface area contributed by atoms with Crippen LogP contribution < -0.4 is 4.72 Å². The van der Waals surface area contributed by atoms with Crippen molar-refractivity contribution in [1.29, 1.82) is 0 Å². The van der Waals surface area contributed by atoms with Gasteiger partial charge in [-0.25, -0.2) is 13.1 Å². The molecule has 6 heteroatoms. The normalized spacial score (nSPS) is 22.9. The molecule has 1 aliphatic rings. The molecule has 0 aromatic heterocycles. The van der Waals surface area contributed by atoms with Crippen LogP contribution in [-0.2, 0) is 10.0 Å². The molecule has 4 nitrogen and oxygen atoms in total. The second-order valence-corrected chi connectivity index (χ2v) is 7.77. The minimum atomic E-state index is -3.12. The highest BCUT2D eigenvalue weighted by Crippen LogP contribution is 2.29. The lowest BCUT2D eigenvalue weighted by Gasteiger charge is -2.37. The predicted molar refractivity (Wildman–Crippen MR) is 65.6 cm³/mol. The van der Waals surface area contributed by atoms with E-state index in [4.69, 9.17) is 0 Å². The summed E-state index contributed by atoms with van der Waals surface area (Å²) in [5.41, 5.74) is 0.113. The van der Waals surface area contributed by atoms with Gasteiger partial charge in [0.15, 0.2) is 0 Å². The van der Waals surface area contributed by atoms with Crippen molar-refractivity contribution in [3.63, 3.8) is 0 Å². The quantitative estimate of drug-likeness (QED) is 0.788. The average Bonchev–Trinajstić information content (AvgIpc) is 2.21. The molecule has 1 N–H and O–H groups in total. The van der Waals surface area contributed by atoms with Crippen LogP contribution in [0.25, 0.3) is 0 Å². The zero-order valence-electron chi connectivity index (χ0n) is 9.29. The van der Waals surface area contributed by atoms with Gasteiger partial charge in [-0.1, -0.05) is 22.9 Å². The van der Waals surface area contributed by atoms with Crippen molar-refractivity contribution in [3.8, 4) is 0 Å². The highest BCUT2D eigenvalue weighted by Gasteiger charge is 2.29. The van der Waals surface area contributed by atoms with E-state index in [-0.39, 0.29) is 10.1 Å². The van der Waals surface area contributed by atoms with Gasteiger partial charge in [0.2, 0.25) is 10.0 Å². The molecule has 0 saturated carbocycles. The van der Waals surface area contributed by atoms with Crippen molar-refractivity contribution in [1.82, 2.24) is 9.62 Å². The Hall–Kier alpha value is 0.350. The van der Waals surface area contributed by atoms with E-state index in [2.05, 4.69) is 39.5 Å². The summed E-state index contributed by atoms with van der Waals surface area (Å²) >= 11 is 2.96. The maximum Gasteiger partial charge on any atom is 0.221 e. The van der Waals surface area contributed by atoms with Crippen LogP contribution in [0, 0.1) is 5.41 Å². The van der Waals surface area contributed by atoms with Gasteiger partial charge in [0.05, 0.1) is 0 Å². The largest absolute Gasteiger partial charge is 0.306 e. The highest BCUT2D eigenvalue weighted by molar-refractivity contribution is 9.10. The van der Waals surface area contributed by atoms with Gasteiger partial charge in [-0.3, -0.25) is 0 Å². The molecule has 15 heavy (non-hydrogen) atoms. The summed E-state index contributed by atoms with van der Waals surface area (Å²) in [6, 6.07) is 0. The summed E-state index contributed by atoms with van der Waals surface area (Å²) in [4.78, 5) is 2.28. The van der Waals surface area contributed by atoms with E-state index in [0.29, 0.717) is 6.54 Å². The molecule has 0 aliphatic carbocycles. The molecule has 1 saturated heterocycles. The summed E-state index contributed by atoms with van der Waals surface area (Å²) in [7, 11) is -1.02. The molecule has 1 rings (SSSR count). The predicted octanol–water partition coefficient (Wildman–Crippen LogP) is 0.990. The third-order valence-electron chi connectivity index (χ3n) is 3.06. The Labute approximate surface area is 101 Å². The topological polar surface area (TPSA) is 49.4 Å². The van der Waals surface area contributed by atoms with E-state index in [1.807, 2.05) is 0 Å². The van der Waals surface area contributed by atoms with Gasteiger partial charge < -0.3 is 4.90 Å². The van der Waals surface area contributed by atoms with E-state index >= 15 is 0 Å². The summed E-state index contributed by atoms with van der Waals surface area (Å²) < 4.78 is 25.2. The summed E-state index contributed by atoms with van der Waals surface area (Å²) in [6.07, 6.45) is 2.10. The lowest BCUT2D eigenvalue weighted by Crippen LogP contribution is -2.43. The monoisotopic (exact) mass is 298 g/mol. The number of alkyl halides is 1. The number of sulfonamides is 1. The number of nitrogens with one attached hydrogen (secondary N) is 1. The van der Waals surface area contributed by atoms with Gasteiger partial charge >= 0.3 is 0 Å². The molecular formula is C9H19BrN2O2S. The van der Waals surface area contributed by atoms with Gasteiger partial charge in [0.1, 0.15) is 4.66 Å². The molecule has 1 aliphatic heterocycles. The lowest BCUT2D eigenvalue weighted by molar-refractivity contribution is 0.143. The van der Waals surface area contributed by atoms with Gasteiger partial charge in [0.25, 0.3) is 0 Å². The van der Waals surface area contributed by atoms with Crippen LogP contribution in [-0.4, -0.2) is 44.7 Å². The van der Waals surface area contributed by atoms with Gasteiger partial charge in [-0.2, -0.15) is 0 Å². The molecule has 0 amide bonds. The molecule has 1 heterocycles. The first kappa shape index (κ1) is 13.4. The van der Waals surface area contributed by atoms with Crippen LogP contribution in [0.1, 0.15) is 19.8 Å². The maximum atomic E-state index is 11.3. The Bertz CT molecular complexity index is 297. The van der Waals surface area contributed by atoms with Gasteiger partial charge in [0, 0.05) is 6.54 Å². The second kappa shape index (κ2) is 5.12. The van der Waals surface area contributed by atoms with Gasteiger partial charge in [-0.05, 0) is 38.4 Å². The first-order valence-corrected chi connectivity index (χ1v) is 7.86. The Morgan fingerprint density at radius 1 is 1.40 bits per heavy atom. The van der Waals surface area contributed by atoms with E-state index < -0.39 is 10.0 Å². The minimum absolute atomic E-state index is 0.0179. The number of nitrogens with zero attached hydrogens (tertiary/aromatic N) is 1.